The number of nitrogens with zero attached hydrogens (tertiary/aromatic N) is 3. The highest BCUT2D eigenvalue weighted by atomic mass is 32.2. The maximum Gasteiger partial charge on any atom is 0.210 e. The molecule has 1 aromatic carbocycles. The molecular formula is C14H19FN4OS. The molecule has 0 radical (unpaired) electrons. The van der Waals surface area contributed by atoms with E-state index in [1.165, 1.54) is 29.6 Å². The van der Waals surface area contributed by atoms with Crippen LogP contribution in [0.3, 0.4) is 0 Å². The summed E-state index contributed by atoms with van der Waals surface area (Å²) in [6.07, 6.45) is 0. The molecule has 0 unspecified atom stereocenters. The SMILES string of the molecule is COc1ccc(CSc2nnc(C(C)(C)C)n2N)cc1F. The number of halogens is 1. The van der Waals surface area contributed by atoms with E-state index in [9.17, 15) is 4.39 Å². The lowest BCUT2D eigenvalue weighted by Crippen LogP contribution is -2.24. The molecule has 0 spiro atoms. The summed E-state index contributed by atoms with van der Waals surface area (Å²) in [5, 5.41) is 8.81. The maximum absolute atomic E-state index is 13.6. The summed E-state index contributed by atoms with van der Waals surface area (Å²) in [6.45, 7) is 6.06. The van der Waals surface area contributed by atoms with Crippen LogP contribution in [-0.2, 0) is 11.2 Å². The highest BCUT2D eigenvalue weighted by molar-refractivity contribution is 7.98. The van der Waals surface area contributed by atoms with Crippen LogP contribution >= 0.6 is 11.8 Å². The molecule has 1 aromatic heterocycles. The van der Waals surface area contributed by atoms with Crippen molar-refractivity contribution >= 4 is 11.8 Å². The summed E-state index contributed by atoms with van der Waals surface area (Å²) >= 11 is 1.42. The molecule has 0 bridgehead atoms. The first kappa shape index (κ1) is 15.6. The van der Waals surface area contributed by atoms with Gasteiger partial charge in [-0.1, -0.05) is 38.6 Å². The van der Waals surface area contributed by atoms with Gasteiger partial charge >= 0.3 is 0 Å². The zero-order valence-corrected chi connectivity index (χ0v) is 13.4. The summed E-state index contributed by atoms with van der Waals surface area (Å²) in [7, 11) is 1.44. The topological polar surface area (TPSA) is 66.0 Å². The molecule has 114 valence electrons. The Hall–Kier alpha value is -1.76. The molecular weight excluding hydrogens is 291 g/mol. The van der Waals surface area contributed by atoms with Crippen molar-refractivity contribution < 1.29 is 9.13 Å². The Morgan fingerprint density at radius 3 is 2.57 bits per heavy atom. The number of nitrogen functional groups attached to an aromatic ring is 1. The molecule has 0 atom stereocenters. The third-order valence-electron chi connectivity index (χ3n) is 2.92. The number of rotatable bonds is 4. The Balaban J connectivity index is 2.10. The van der Waals surface area contributed by atoms with Gasteiger partial charge < -0.3 is 10.6 Å². The average molecular weight is 310 g/mol. The first-order chi connectivity index (χ1) is 9.82. The molecule has 0 aliphatic heterocycles. The van der Waals surface area contributed by atoms with Crippen LogP contribution in [0.2, 0.25) is 0 Å². The molecule has 0 aliphatic rings. The molecule has 7 heteroatoms. The highest BCUT2D eigenvalue weighted by Gasteiger charge is 2.22. The molecule has 5 nitrogen and oxygen atoms in total. The van der Waals surface area contributed by atoms with Gasteiger partial charge in [0.15, 0.2) is 17.4 Å². The molecule has 0 aliphatic carbocycles. The average Bonchev–Trinajstić information content (AvgIpc) is 2.77. The predicted octanol–water partition coefficient (Wildman–Crippen LogP) is 2.73. The quantitative estimate of drug-likeness (QED) is 0.695. The third-order valence-corrected chi connectivity index (χ3v) is 3.93. The van der Waals surface area contributed by atoms with Crippen LogP contribution in [0.4, 0.5) is 4.39 Å². The Morgan fingerprint density at radius 1 is 1.33 bits per heavy atom. The van der Waals surface area contributed by atoms with Crippen LogP contribution in [-0.4, -0.2) is 22.0 Å². The number of methoxy groups -OCH3 is 1. The Kier molecular flexibility index (Phi) is 4.41. The standard InChI is InChI=1S/C14H19FN4OS/c1-14(2,3)12-17-18-13(19(12)16)21-8-9-5-6-11(20-4)10(15)7-9/h5-7H,8,16H2,1-4H3. The lowest BCUT2D eigenvalue weighted by atomic mass is 9.96. The van der Waals surface area contributed by atoms with Crippen LogP contribution < -0.4 is 10.6 Å². The van der Waals surface area contributed by atoms with Crippen LogP contribution in [0.15, 0.2) is 23.4 Å². The fourth-order valence-corrected chi connectivity index (χ4v) is 2.63. The molecule has 21 heavy (non-hydrogen) atoms. The van der Waals surface area contributed by atoms with Gasteiger partial charge in [-0.15, -0.1) is 10.2 Å². The molecule has 2 aromatic rings. The number of aromatic nitrogens is 3. The second-order valence-electron chi connectivity index (χ2n) is 5.68. The number of benzene rings is 1. The third kappa shape index (κ3) is 3.47. The van der Waals surface area contributed by atoms with Crippen LogP contribution in [0.25, 0.3) is 0 Å². The Morgan fingerprint density at radius 2 is 2.05 bits per heavy atom. The largest absolute Gasteiger partial charge is 0.494 e. The van der Waals surface area contributed by atoms with Crippen LogP contribution in [0.5, 0.6) is 5.75 Å². The van der Waals surface area contributed by atoms with E-state index in [4.69, 9.17) is 10.6 Å². The molecule has 0 fully saturated rings. The minimum atomic E-state index is -0.375. The zero-order valence-electron chi connectivity index (χ0n) is 12.6. The van der Waals surface area contributed by atoms with Gasteiger partial charge in [-0.2, -0.15) is 0 Å². The van der Waals surface area contributed by atoms with Crippen LogP contribution in [0.1, 0.15) is 32.2 Å². The first-order valence-corrected chi connectivity index (χ1v) is 7.47. The highest BCUT2D eigenvalue weighted by Crippen LogP contribution is 2.26. The smallest absolute Gasteiger partial charge is 0.210 e. The Bertz CT molecular complexity index is 636. The summed E-state index contributed by atoms with van der Waals surface area (Å²) in [6, 6.07) is 4.88. The number of hydrogen-bond donors (Lipinski definition) is 1. The van der Waals surface area contributed by atoms with Gasteiger partial charge in [0.05, 0.1) is 7.11 Å². The monoisotopic (exact) mass is 310 g/mol. The van der Waals surface area contributed by atoms with E-state index in [1.807, 2.05) is 26.8 Å². The minimum Gasteiger partial charge on any atom is -0.494 e. The molecule has 0 amide bonds. The van der Waals surface area contributed by atoms with Crippen LogP contribution in [0, 0.1) is 5.82 Å². The number of hydrogen-bond acceptors (Lipinski definition) is 5. The van der Waals surface area contributed by atoms with E-state index in [-0.39, 0.29) is 17.0 Å². The predicted molar refractivity (Wildman–Crippen MR) is 81.4 cm³/mol. The molecule has 0 saturated carbocycles. The van der Waals surface area contributed by atoms with E-state index < -0.39 is 0 Å². The number of nitrogens with two attached hydrogens (primary N) is 1. The molecule has 0 saturated heterocycles. The van der Waals surface area contributed by atoms with Gasteiger partial charge in [0.2, 0.25) is 5.16 Å². The van der Waals surface area contributed by atoms with Crippen molar-refractivity contribution in [2.75, 3.05) is 13.0 Å². The fourth-order valence-electron chi connectivity index (χ4n) is 1.83. The van der Waals surface area contributed by atoms with Gasteiger partial charge in [-0.05, 0) is 17.7 Å². The van der Waals surface area contributed by atoms with Gasteiger partial charge in [0.1, 0.15) is 0 Å². The normalized spacial score (nSPS) is 11.7. The van der Waals surface area contributed by atoms with Crippen molar-refractivity contribution in [2.24, 2.45) is 0 Å². The molecule has 2 N–H and O–H groups in total. The summed E-state index contributed by atoms with van der Waals surface area (Å²) in [4.78, 5) is 0. The lowest BCUT2D eigenvalue weighted by Gasteiger charge is -2.16. The summed E-state index contributed by atoms with van der Waals surface area (Å²) in [5.41, 5.74) is 0.658. The van der Waals surface area contributed by atoms with Crippen molar-refractivity contribution in [1.29, 1.82) is 0 Å². The zero-order chi connectivity index (χ0) is 15.6. The first-order valence-electron chi connectivity index (χ1n) is 6.49. The minimum absolute atomic E-state index is 0.174. The summed E-state index contributed by atoms with van der Waals surface area (Å²) < 4.78 is 20.0. The van der Waals surface area contributed by atoms with Gasteiger partial charge in [-0.3, -0.25) is 0 Å². The maximum atomic E-state index is 13.6. The second-order valence-corrected chi connectivity index (χ2v) is 6.63. The lowest BCUT2D eigenvalue weighted by molar-refractivity contribution is 0.386. The molecule has 2 rings (SSSR count). The van der Waals surface area contributed by atoms with Crippen molar-refractivity contribution in [2.45, 2.75) is 37.1 Å². The van der Waals surface area contributed by atoms with E-state index in [1.54, 1.807) is 6.07 Å². The van der Waals surface area contributed by atoms with Crippen molar-refractivity contribution in [3.63, 3.8) is 0 Å². The van der Waals surface area contributed by atoms with E-state index in [2.05, 4.69) is 10.2 Å². The number of thioether (sulfide) groups is 1. The molecule has 1 heterocycles. The Labute approximate surface area is 127 Å². The van der Waals surface area contributed by atoms with Gasteiger partial charge in [0.25, 0.3) is 0 Å². The number of ether oxygens (including phenoxy) is 1. The van der Waals surface area contributed by atoms with E-state index in [0.717, 1.165) is 5.56 Å². The van der Waals surface area contributed by atoms with E-state index in [0.29, 0.717) is 16.7 Å². The van der Waals surface area contributed by atoms with Gasteiger partial charge in [0, 0.05) is 11.2 Å². The van der Waals surface area contributed by atoms with Crippen molar-refractivity contribution in [3.8, 4) is 5.75 Å². The second kappa shape index (κ2) is 5.93. The summed E-state index contributed by atoms with van der Waals surface area (Å²) in [5.74, 6) is 7.14. The van der Waals surface area contributed by atoms with E-state index >= 15 is 0 Å². The van der Waals surface area contributed by atoms with Gasteiger partial charge in [-0.25, -0.2) is 9.07 Å². The fraction of sp³-hybridized carbons (Fsp3) is 0.429. The van der Waals surface area contributed by atoms with Crippen molar-refractivity contribution in [3.05, 3.63) is 35.4 Å². The van der Waals surface area contributed by atoms with Crippen molar-refractivity contribution in [1.82, 2.24) is 14.9 Å².